The van der Waals surface area contributed by atoms with E-state index in [2.05, 4.69) is 4.18 Å². The fraction of sp³-hybridized carbons (Fsp3) is 0.826. The molecule has 1 radical (unpaired) electrons. The molecule has 0 aromatic heterocycles. The standard InChI is InChI=1S/C6H10O4.C5H9O2.C4H10O4S.C4H11O3P.C4H10O3S.Y/c1-3(5(7)8)4(2)6(9)10;1-3-4(2)5(6)7;1-3-4(2)8-9(5,6)7;2*1-3-4(2)8(5,6)7;/h3-4H,1-2H3,(H,7,8)(H,9,10);3-4H,1-2H3,(H,6,7);4H,3H2,1-2H3,(H,5,6,7);4H,3H2,1-2H3,(H2,5,6,7);4H,3H2,1-2H3,(H,5,6,7);/q;-1;;;;. The number of aliphatic carboxylic acids is 3. The number of hydrogen-bond acceptors (Lipinski definition) is 9. The maximum absolute atomic E-state index is 10.3. The monoisotopic (exact) mass is 766 g/mol. The molecule has 0 aliphatic rings. The molecule has 7 N–H and O–H groups in total. The molecule has 0 saturated carbocycles. The predicted molar refractivity (Wildman–Crippen MR) is 156 cm³/mol. The SMILES string of the molecule is CC(C(=O)O)C(C)C(=O)O.CCC(C)OS(=O)(=O)O.CCC(C)P(=O)(O)O.CCC(C)S(=O)(=O)O.C[CH-]C(C)C(=O)O.[Y]. The van der Waals surface area contributed by atoms with Crippen molar-refractivity contribution >= 4 is 46.0 Å². The molecule has 0 amide bonds. The van der Waals surface area contributed by atoms with E-state index in [1.807, 2.05) is 0 Å². The van der Waals surface area contributed by atoms with Crippen LogP contribution in [0, 0.1) is 24.2 Å². The molecule has 0 spiro atoms. The van der Waals surface area contributed by atoms with Gasteiger partial charge in [0.05, 0.1) is 28.8 Å². The Morgan fingerprint density at radius 2 is 1.09 bits per heavy atom. The molecule has 0 aromatic rings. The molecule has 259 valence electrons. The number of carboxylic acid groups (broad SMARTS) is 3. The largest absolute Gasteiger partial charge is 0.483 e. The summed E-state index contributed by atoms with van der Waals surface area (Å²) >= 11 is 0. The first-order valence-corrected chi connectivity index (χ1v) is 17.3. The summed E-state index contributed by atoms with van der Waals surface area (Å²) in [5.41, 5.74) is -0.484. The van der Waals surface area contributed by atoms with Gasteiger partial charge in [-0.3, -0.25) is 28.1 Å². The van der Waals surface area contributed by atoms with Gasteiger partial charge in [-0.1, -0.05) is 54.4 Å². The molecule has 0 aliphatic carbocycles. The average Bonchev–Trinajstić information content (AvgIpc) is 2.85. The summed E-state index contributed by atoms with van der Waals surface area (Å²) in [6.07, 6.45) is 2.74. The van der Waals surface area contributed by atoms with Crippen LogP contribution in [-0.4, -0.2) is 86.0 Å². The fourth-order valence-electron chi connectivity index (χ4n) is 1.29. The molecular weight excluding hydrogens is 716 g/mol. The van der Waals surface area contributed by atoms with Crippen molar-refractivity contribution in [3.05, 3.63) is 6.42 Å². The van der Waals surface area contributed by atoms with Crippen LogP contribution in [-0.2, 0) is 76.4 Å². The molecule has 0 saturated heterocycles. The Hall–Kier alpha value is -0.556. The Labute approximate surface area is 281 Å². The first kappa shape index (κ1) is 54.9. The molecule has 20 heteroatoms. The molecule has 0 aromatic carbocycles. The zero-order valence-electron chi connectivity index (χ0n) is 26.3. The molecule has 16 nitrogen and oxygen atoms in total. The van der Waals surface area contributed by atoms with E-state index >= 15 is 0 Å². The first-order chi connectivity index (χ1) is 18.6. The summed E-state index contributed by atoms with van der Waals surface area (Å²) in [5.74, 6) is -4.86. The van der Waals surface area contributed by atoms with Gasteiger partial charge in [-0.25, -0.2) is 4.18 Å². The van der Waals surface area contributed by atoms with Gasteiger partial charge in [-0.15, -0.1) is 0 Å². The number of rotatable bonds is 12. The second-order valence-electron chi connectivity index (χ2n) is 9.04. The minimum Gasteiger partial charge on any atom is -0.483 e. The van der Waals surface area contributed by atoms with Crippen molar-refractivity contribution < 1.29 is 107 Å². The Bertz CT molecular complexity index is 996. The van der Waals surface area contributed by atoms with E-state index in [1.165, 1.54) is 20.8 Å². The smallest absolute Gasteiger partial charge is 0.397 e. The third-order valence-corrected chi connectivity index (χ3v) is 8.96. The van der Waals surface area contributed by atoms with Gasteiger partial charge in [0.15, 0.2) is 0 Å². The van der Waals surface area contributed by atoms with Gasteiger partial charge in [0.2, 0.25) is 0 Å². The molecule has 0 fully saturated rings. The van der Waals surface area contributed by atoms with Crippen molar-refractivity contribution in [2.75, 3.05) is 0 Å². The van der Waals surface area contributed by atoms with Crippen LogP contribution in [0.2, 0.25) is 0 Å². The van der Waals surface area contributed by atoms with Crippen LogP contribution in [0.25, 0.3) is 0 Å². The van der Waals surface area contributed by atoms with Crippen LogP contribution in [0.4, 0.5) is 0 Å². The molecule has 43 heavy (non-hydrogen) atoms. The zero-order valence-corrected chi connectivity index (χ0v) is 31.7. The van der Waals surface area contributed by atoms with Crippen LogP contribution in [0.5, 0.6) is 0 Å². The molecular formula is C23H50O16PS2Y-. The summed E-state index contributed by atoms with van der Waals surface area (Å²) in [4.78, 5) is 47.1. The number of carbonyl (C=O) groups is 3. The molecule has 0 heterocycles. The average molecular weight is 767 g/mol. The summed E-state index contributed by atoms with van der Waals surface area (Å²) in [6, 6.07) is 0. The zero-order chi connectivity index (χ0) is 35.2. The second-order valence-corrected chi connectivity index (χ2v) is 14.0. The number of carboxylic acids is 3. The van der Waals surface area contributed by atoms with Crippen molar-refractivity contribution in [1.29, 1.82) is 0 Å². The second kappa shape index (κ2) is 27.7. The van der Waals surface area contributed by atoms with E-state index in [-0.39, 0.29) is 38.6 Å². The maximum Gasteiger partial charge on any atom is 0.397 e. The maximum atomic E-state index is 10.3. The van der Waals surface area contributed by atoms with Gasteiger partial charge in [0.25, 0.3) is 16.1 Å². The number of hydrogen-bond donors (Lipinski definition) is 7. The quantitative estimate of drug-likeness (QED) is 0.0848. The van der Waals surface area contributed by atoms with Crippen LogP contribution in [0.15, 0.2) is 0 Å². The minimum absolute atomic E-state index is 0. The Balaban J connectivity index is -0.0000000994. The van der Waals surface area contributed by atoms with Gasteiger partial charge >= 0.3 is 29.9 Å². The third-order valence-electron chi connectivity index (χ3n) is 5.53. The Morgan fingerprint density at radius 1 is 0.744 bits per heavy atom. The van der Waals surface area contributed by atoms with E-state index in [4.69, 9.17) is 34.2 Å². The van der Waals surface area contributed by atoms with E-state index in [0.29, 0.717) is 19.3 Å². The fourth-order valence-corrected chi connectivity index (χ4v) is 2.74. The molecule has 6 atom stereocenters. The van der Waals surface area contributed by atoms with Crippen molar-refractivity contribution in [3.63, 3.8) is 0 Å². The normalized spacial score (nSPS) is 15.0. The van der Waals surface area contributed by atoms with Crippen molar-refractivity contribution in [3.8, 4) is 0 Å². The van der Waals surface area contributed by atoms with E-state index in [9.17, 15) is 35.8 Å². The summed E-state index contributed by atoms with van der Waals surface area (Å²) in [7, 11) is -11.7. The summed E-state index contributed by atoms with van der Waals surface area (Å²) in [6.45, 7) is 15.9. The van der Waals surface area contributed by atoms with Gasteiger partial charge in [0.1, 0.15) is 0 Å². The molecule has 0 aliphatic heterocycles. The van der Waals surface area contributed by atoms with E-state index in [0.717, 1.165) is 0 Å². The molecule has 6 unspecified atom stereocenters. The van der Waals surface area contributed by atoms with Gasteiger partial charge < -0.3 is 31.5 Å². The van der Waals surface area contributed by atoms with Crippen LogP contribution >= 0.6 is 7.60 Å². The van der Waals surface area contributed by atoms with E-state index < -0.39 is 74.9 Å². The summed E-state index contributed by atoms with van der Waals surface area (Å²) < 4.78 is 70.8. The Morgan fingerprint density at radius 3 is 1.14 bits per heavy atom. The van der Waals surface area contributed by atoms with Crippen molar-refractivity contribution in [1.82, 2.24) is 0 Å². The predicted octanol–water partition coefficient (Wildman–Crippen LogP) is 3.60. The van der Waals surface area contributed by atoms with Crippen LogP contribution in [0.1, 0.15) is 88.5 Å². The van der Waals surface area contributed by atoms with Gasteiger partial charge in [-0.05, 0) is 33.1 Å². The summed E-state index contributed by atoms with van der Waals surface area (Å²) in [5, 5.41) is 24.2. The van der Waals surface area contributed by atoms with Crippen molar-refractivity contribution in [2.24, 2.45) is 17.8 Å². The Kier molecular flexibility index (Phi) is 35.4. The molecule has 0 bridgehead atoms. The van der Waals surface area contributed by atoms with Gasteiger partial charge in [-0.2, -0.15) is 23.8 Å². The van der Waals surface area contributed by atoms with Crippen LogP contribution in [0.3, 0.4) is 0 Å². The van der Waals surface area contributed by atoms with Gasteiger partial charge in [0, 0.05) is 32.7 Å². The van der Waals surface area contributed by atoms with Crippen molar-refractivity contribution in [2.45, 2.75) is 106 Å². The van der Waals surface area contributed by atoms with Crippen LogP contribution < -0.4 is 0 Å². The third kappa shape index (κ3) is 39.4. The minimum atomic E-state index is -4.24. The molecule has 0 rings (SSSR count). The van der Waals surface area contributed by atoms with E-state index in [1.54, 1.807) is 54.9 Å². The first-order valence-electron chi connectivity index (χ1n) is 12.7. The topological polar surface area (TPSA) is 287 Å².